The predicted octanol–water partition coefficient (Wildman–Crippen LogP) is 6.06. The highest BCUT2D eigenvalue weighted by molar-refractivity contribution is 6.35. The van der Waals surface area contributed by atoms with E-state index in [0.29, 0.717) is 21.8 Å². The van der Waals surface area contributed by atoms with E-state index in [9.17, 15) is 0 Å². The molecule has 1 aromatic heterocycles. The van der Waals surface area contributed by atoms with E-state index in [4.69, 9.17) is 27.9 Å². The Morgan fingerprint density at radius 1 is 0.885 bits per heavy atom. The number of nitrogens with zero attached hydrogens (tertiary/aromatic N) is 2. The monoisotopic (exact) mass is 388 g/mol. The maximum absolute atomic E-state index is 6.01. The van der Waals surface area contributed by atoms with Gasteiger partial charge in [0.05, 0.1) is 6.10 Å². The third kappa shape index (κ3) is 5.25. The van der Waals surface area contributed by atoms with Crippen LogP contribution in [0.1, 0.15) is 13.8 Å². The second-order valence-corrected chi connectivity index (χ2v) is 6.74. The molecule has 2 N–H and O–H groups in total. The summed E-state index contributed by atoms with van der Waals surface area (Å²) in [4.78, 5) is 8.66. The zero-order valence-electron chi connectivity index (χ0n) is 14.3. The quantitative estimate of drug-likeness (QED) is 0.537. The fraction of sp³-hybridized carbons (Fsp3) is 0.158. The van der Waals surface area contributed by atoms with Crippen LogP contribution in [0.4, 0.5) is 23.1 Å². The molecule has 3 aromatic rings. The van der Waals surface area contributed by atoms with Crippen molar-refractivity contribution in [2.24, 2.45) is 0 Å². The maximum atomic E-state index is 6.01. The third-order valence-electron chi connectivity index (χ3n) is 3.27. The molecule has 0 fully saturated rings. The molecule has 0 aliphatic rings. The van der Waals surface area contributed by atoms with Crippen LogP contribution in [0, 0.1) is 0 Å². The van der Waals surface area contributed by atoms with Crippen molar-refractivity contribution in [1.29, 1.82) is 0 Å². The van der Waals surface area contributed by atoms with Gasteiger partial charge in [-0.1, -0.05) is 23.2 Å². The lowest BCUT2D eigenvalue weighted by molar-refractivity contribution is 0.242. The van der Waals surface area contributed by atoms with Gasteiger partial charge in [-0.15, -0.1) is 0 Å². The van der Waals surface area contributed by atoms with Crippen LogP contribution in [0.3, 0.4) is 0 Å². The lowest BCUT2D eigenvalue weighted by Crippen LogP contribution is -2.05. The molecule has 0 spiro atoms. The summed E-state index contributed by atoms with van der Waals surface area (Å²) in [5, 5.41) is 7.41. The van der Waals surface area contributed by atoms with Crippen molar-refractivity contribution in [3.8, 4) is 5.75 Å². The van der Waals surface area contributed by atoms with Gasteiger partial charge in [-0.05, 0) is 62.4 Å². The van der Waals surface area contributed by atoms with Crippen molar-refractivity contribution >= 4 is 46.3 Å². The van der Waals surface area contributed by atoms with Crippen LogP contribution in [0.2, 0.25) is 10.0 Å². The van der Waals surface area contributed by atoms with E-state index in [1.165, 1.54) is 0 Å². The van der Waals surface area contributed by atoms with Crippen molar-refractivity contribution < 1.29 is 4.74 Å². The smallest absolute Gasteiger partial charge is 0.229 e. The second kappa shape index (κ2) is 8.25. The first-order chi connectivity index (χ1) is 12.5. The van der Waals surface area contributed by atoms with Gasteiger partial charge in [0.2, 0.25) is 5.95 Å². The Kier molecular flexibility index (Phi) is 5.81. The van der Waals surface area contributed by atoms with Crippen LogP contribution in [-0.4, -0.2) is 16.1 Å². The number of ether oxygens (including phenoxy) is 1. The van der Waals surface area contributed by atoms with Gasteiger partial charge in [0.1, 0.15) is 11.6 Å². The molecule has 0 bridgehead atoms. The number of rotatable bonds is 6. The fourth-order valence-electron chi connectivity index (χ4n) is 2.28. The first-order valence-corrected chi connectivity index (χ1v) is 8.83. The normalized spacial score (nSPS) is 10.7. The summed E-state index contributed by atoms with van der Waals surface area (Å²) in [7, 11) is 0. The van der Waals surface area contributed by atoms with Gasteiger partial charge in [0.15, 0.2) is 0 Å². The van der Waals surface area contributed by atoms with E-state index in [1.54, 1.807) is 30.5 Å². The van der Waals surface area contributed by atoms with Gasteiger partial charge in [-0.25, -0.2) is 4.98 Å². The number of nitrogens with one attached hydrogen (secondary N) is 2. The molecular formula is C19H18Cl2N4O. The largest absolute Gasteiger partial charge is 0.491 e. The molecule has 2 aromatic carbocycles. The van der Waals surface area contributed by atoms with Crippen molar-refractivity contribution in [3.05, 3.63) is 64.8 Å². The van der Waals surface area contributed by atoms with Crippen molar-refractivity contribution in [2.45, 2.75) is 20.0 Å². The van der Waals surface area contributed by atoms with Gasteiger partial charge >= 0.3 is 0 Å². The highest BCUT2D eigenvalue weighted by atomic mass is 35.5. The molecule has 0 amide bonds. The summed E-state index contributed by atoms with van der Waals surface area (Å²) >= 11 is 12.0. The first-order valence-electron chi connectivity index (χ1n) is 8.08. The third-order valence-corrected chi connectivity index (χ3v) is 3.71. The average molecular weight is 389 g/mol. The average Bonchev–Trinajstić information content (AvgIpc) is 2.55. The minimum Gasteiger partial charge on any atom is -0.491 e. The molecular weight excluding hydrogens is 371 g/mol. The van der Waals surface area contributed by atoms with Gasteiger partial charge in [0.25, 0.3) is 0 Å². The number of aromatic nitrogens is 2. The Balaban J connectivity index is 1.71. The minimum absolute atomic E-state index is 0.143. The Hall–Kier alpha value is -2.50. The molecule has 7 heteroatoms. The summed E-state index contributed by atoms with van der Waals surface area (Å²) in [5.41, 5.74) is 1.62. The zero-order chi connectivity index (χ0) is 18.5. The van der Waals surface area contributed by atoms with Crippen LogP contribution < -0.4 is 15.4 Å². The van der Waals surface area contributed by atoms with Crippen molar-refractivity contribution in [2.75, 3.05) is 10.6 Å². The van der Waals surface area contributed by atoms with Gasteiger partial charge in [-0.3, -0.25) is 0 Å². The zero-order valence-corrected chi connectivity index (χ0v) is 15.8. The molecule has 0 saturated heterocycles. The van der Waals surface area contributed by atoms with Crippen LogP contribution in [0.25, 0.3) is 0 Å². The molecule has 0 saturated carbocycles. The highest BCUT2D eigenvalue weighted by Crippen LogP contribution is 2.25. The van der Waals surface area contributed by atoms with Gasteiger partial charge < -0.3 is 15.4 Å². The first kappa shape index (κ1) is 18.3. The number of benzene rings is 2. The van der Waals surface area contributed by atoms with E-state index in [1.807, 2.05) is 38.1 Å². The molecule has 0 aliphatic carbocycles. The molecule has 0 radical (unpaired) electrons. The lowest BCUT2D eigenvalue weighted by atomic mass is 10.3. The molecule has 134 valence electrons. The summed E-state index contributed by atoms with van der Waals surface area (Å²) < 4.78 is 5.64. The number of halogens is 2. The Morgan fingerprint density at radius 2 is 1.58 bits per heavy atom. The van der Waals surface area contributed by atoms with Crippen molar-refractivity contribution in [3.63, 3.8) is 0 Å². The molecule has 3 rings (SSSR count). The molecule has 26 heavy (non-hydrogen) atoms. The maximum Gasteiger partial charge on any atom is 0.229 e. The van der Waals surface area contributed by atoms with Crippen LogP contribution in [0.15, 0.2) is 54.7 Å². The van der Waals surface area contributed by atoms with Gasteiger partial charge in [0, 0.05) is 27.6 Å². The lowest BCUT2D eigenvalue weighted by Gasteiger charge is -2.11. The minimum atomic E-state index is 0.143. The van der Waals surface area contributed by atoms with E-state index >= 15 is 0 Å². The molecule has 0 aliphatic heterocycles. The van der Waals surface area contributed by atoms with Crippen molar-refractivity contribution in [1.82, 2.24) is 9.97 Å². The summed E-state index contributed by atoms with van der Waals surface area (Å²) in [6.07, 6.45) is 1.81. The van der Waals surface area contributed by atoms with E-state index in [-0.39, 0.29) is 6.10 Å². The predicted molar refractivity (Wildman–Crippen MR) is 107 cm³/mol. The Bertz CT molecular complexity index is 865. The van der Waals surface area contributed by atoms with Crippen LogP contribution in [-0.2, 0) is 0 Å². The fourth-order valence-corrected chi connectivity index (χ4v) is 2.81. The number of anilines is 4. The Labute approximate surface area is 162 Å². The van der Waals surface area contributed by atoms with Crippen LogP contribution >= 0.6 is 23.2 Å². The summed E-state index contributed by atoms with van der Waals surface area (Å²) in [6, 6.07) is 14.7. The Morgan fingerprint density at radius 3 is 2.23 bits per heavy atom. The highest BCUT2D eigenvalue weighted by Gasteiger charge is 2.04. The standard InChI is InChI=1S/C19H18Cl2N4O/c1-12(2)26-17-5-3-15(4-6-17)23-18-7-8-22-19(25-18)24-16-10-13(20)9-14(21)11-16/h3-12H,1-2H3,(H2,22,23,24,25). The summed E-state index contributed by atoms with van der Waals surface area (Å²) in [6.45, 7) is 3.99. The second-order valence-electron chi connectivity index (χ2n) is 5.86. The number of hydrogen-bond donors (Lipinski definition) is 2. The van der Waals surface area contributed by atoms with E-state index in [2.05, 4.69) is 20.6 Å². The van der Waals surface area contributed by atoms with Crippen LogP contribution in [0.5, 0.6) is 5.75 Å². The topological polar surface area (TPSA) is 59.1 Å². The van der Waals surface area contributed by atoms with E-state index < -0.39 is 0 Å². The van der Waals surface area contributed by atoms with Gasteiger partial charge in [-0.2, -0.15) is 4.98 Å². The molecule has 0 atom stereocenters. The molecule has 1 heterocycles. The molecule has 5 nitrogen and oxygen atoms in total. The number of hydrogen-bond acceptors (Lipinski definition) is 5. The van der Waals surface area contributed by atoms with E-state index in [0.717, 1.165) is 17.1 Å². The summed E-state index contributed by atoms with van der Waals surface area (Å²) in [5.74, 6) is 1.93. The SMILES string of the molecule is CC(C)Oc1ccc(Nc2ccnc(Nc3cc(Cl)cc(Cl)c3)n2)cc1. The molecule has 0 unspecified atom stereocenters.